The van der Waals surface area contributed by atoms with Crippen LogP contribution in [0.5, 0.6) is 0 Å². The van der Waals surface area contributed by atoms with Crippen molar-refractivity contribution in [1.82, 2.24) is 0 Å². The quantitative estimate of drug-likeness (QED) is 0.0228. The van der Waals surface area contributed by atoms with E-state index in [1.165, 1.54) is 161 Å². The number of unbranched alkanes of at least 4 members (excludes halogenated alkanes) is 36. The minimum absolute atomic E-state index is 0.0632. The Bertz CT molecular complexity index is 1590. The summed E-state index contributed by atoms with van der Waals surface area (Å²) in [4.78, 5) is 51.4. The summed E-state index contributed by atoms with van der Waals surface area (Å²) in [6.07, 6.45) is 57.8. The molecule has 0 aromatic rings. The molecule has 0 radical (unpaired) electrons. The third-order valence-corrected chi connectivity index (χ3v) is 15.4. The molecule has 0 bridgehead atoms. The first kappa shape index (κ1) is 75.7. The molecule has 0 aromatic heterocycles. The van der Waals surface area contributed by atoms with E-state index in [-0.39, 0.29) is 25.9 Å². The number of carboxylic acids is 1. The lowest BCUT2D eigenvalue weighted by Crippen LogP contribution is -2.61. The van der Waals surface area contributed by atoms with E-state index >= 15 is 0 Å². The number of carbonyl (C=O) groups excluding carboxylic acids is 3. The van der Waals surface area contributed by atoms with Crippen molar-refractivity contribution < 1.29 is 58.2 Å². The lowest BCUT2D eigenvalue weighted by Gasteiger charge is -2.40. The zero-order valence-corrected chi connectivity index (χ0v) is 52.0. The number of rotatable bonds is 58. The summed E-state index contributed by atoms with van der Waals surface area (Å²) < 4.78 is 28.6. The predicted molar refractivity (Wildman–Crippen MR) is 331 cm³/mol. The van der Waals surface area contributed by atoms with Crippen molar-refractivity contribution in [3.8, 4) is 0 Å². The van der Waals surface area contributed by atoms with Crippen molar-refractivity contribution in [1.29, 1.82) is 0 Å². The lowest BCUT2D eigenvalue weighted by molar-refractivity contribution is -0.301. The molecule has 3 N–H and O–H groups in total. The second kappa shape index (κ2) is 57.1. The average Bonchev–Trinajstić information content (AvgIpc) is 3.46. The van der Waals surface area contributed by atoms with Gasteiger partial charge in [-0.05, 0) is 83.5 Å². The Hall–Kier alpha value is -3.32. The number of esters is 3. The molecule has 0 amide bonds. The van der Waals surface area contributed by atoms with Crippen LogP contribution in [-0.4, -0.2) is 89.2 Å². The molecule has 0 spiro atoms. The zero-order chi connectivity index (χ0) is 58.9. The highest BCUT2D eigenvalue weighted by Gasteiger charge is 2.50. The first-order chi connectivity index (χ1) is 39.6. The van der Waals surface area contributed by atoms with E-state index in [4.69, 9.17) is 23.7 Å². The molecule has 1 aliphatic heterocycles. The molecule has 1 rings (SSSR count). The van der Waals surface area contributed by atoms with Crippen LogP contribution in [0.15, 0.2) is 48.6 Å². The van der Waals surface area contributed by atoms with Gasteiger partial charge in [0.05, 0.1) is 6.61 Å². The van der Waals surface area contributed by atoms with Gasteiger partial charge in [-0.15, -0.1) is 0 Å². The van der Waals surface area contributed by atoms with Gasteiger partial charge >= 0.3 is 23.9 Å². The van der Waals surface area contributed by atoms with E-state index in [0.29, 0.717) is 19.3 Å². The van der Waals surface area contributed by atoms with Crippen LogP contribution in [0.4, 0.5) is 0 Å². The molecule has 12 nitrogen and oxygen atoms in total. The first-order valence-corrected chi connectivity index (χ1v) is 33.6. The molecule has 81 heavy (non-hydrogen) atoms. The summed E-state index contributed by atoms with van der Waals surface area (Å²) in [7, 11) is 0. The third kappa shape index (κ3) is 46.7. The Balaban J connectivity index is 2.65. The molecule has 470 valence electrons. The topological polar surface area (TPSA) is 175 Å². The van der Waals surface area contributed by atoms with Crippen molar-refractivity contribution in [3.05, 3.63) is 48.6 Å². The summed E-state index contributed by atoms with van der Waals surface area (Å²) in [6.45, 7) is 5.99. The molecule has 0 saturated carbocycles. The van der Waals surface area contributed by atoms with Crippen molar-refractivity contribution in [2.24, 2.45) is 0 Å². The van der Waals surface area contributed by atoms with E-state index in [0.717, 1.165) is 96.3 Å². The Morgan fingerprint density at radius 1 is 0.407 bits per heavy atom. The maximum atomic E-state index is 13.2. The fourth-order valence-corrected chi connectivity index (χ4v) is 10.2. The smallest absolute Gasteiger partial charge is 0.335 e. The molecular weight excluding hydrogens is 1020 g/mol. The van der Waals surface area contributed by atoms with Crippen LogP contribution in [0.3, 0.4) is 0 Å². The van der Waals surface area contributed by atoms with Crippen molar-refractivity contribution in [3.63, 3.8) is 0 Å². The normalized spacial score (nSPS) is 18.0. The van der Waals surface area contributed by atoms with Crippen LogP contribution < -0.4 is 0 Å². The van der Waals surface area contributed by atoms with E-state index in [2.05, 4.69) is 69.4 Å². The van der Waals surface area contributed by atoms with E-state index in [1.807, 2.05) is 0 Å². The fourth-order valence-electron chi connectivity index (χ4n) is 10.2. The van der Waals surface area contributed by atoms with Gasteiger partial charge in [-0.2, -0.15) is 0 Å². The number of allylic oxidation sites excluding steroid dienone is 8. The van der Waals surface area contributed by atoms with E-state index in [9.17, 15) is 34.5 Å². The lowest BCUT2D eigenvalue weighted by atomic mass is 9.98. The van der Waals surface area contributed by atoms with Gasteiger partial charge in [0.1, 0.15) is 18.8 Å². The molecule has 1 saturated heterocycles. The van der Waals surface area contributed by atoms with Gasteiger partial charge in [0, 0.05) is 19.3 Å². The molecule has 6 atom stereocenters. The summed E-state index contributed by atoms with van der Waals surface area (Å²) in [5, 5.41) is 31.6. The number of hydrogen-bond acceptors (Lipinski definition) is 11. The number of aliphatic carboxylic acids is 1. The fraction of sp³-hybridized carbons (Fsp3) is 0.826. The van der Waals surface area contributed by atoms with Crippen LogP contribution in [0.1, 0.15) is 316 Å². The average molecular weight is 1140 g/mol. The molecule has 12 heteroatoms. The van der Waals surface area contributed by atoms with Gasteiger partial charge in [-0.3, -0.25) is 14.4 Å². The van der Waals surface area contributed by atoms with Crippen molar-refractivity contribution in [2.45, 2.75) is 353 Å². The number of ether oxygens (including phenoxy) is 5. The van der Waals surface area contributed by atoms with E-state index in [1.54, 1.807) is 0 Å². The minimum atomic E-state index is -1.90. The molecular formula is C69H122O12. The van der Waals surface area contributed by atoms with Gasteiger partial charge < -0.3 is 39.0 Å². The van der Waals surface area contributed by atoms with Crippen LogP contribution in [-0.2, 0) is 42.9 Å². The number of carbonyl (C=O) groups is 4. The summed E-state index contributed by atoms with van der Waals surface area (Å²) in [6, 6.07) is 0. The first-order valence-electron chi connectivity index (χ1n) is 33.6. The SMILES string of the molecule is CCCCC/C=C\C/C=C\C/C=C\CCCCCCCCC(=O)OCC(COC1OC(C(=O)O)C(O)C(O)C1OC(=O)CCCCCCCCCCCCCCC)OC(=O)CCCCCCCCCCC/C=C\CCCCCCCC. The Morgan fingerprint density at radius 3 is 1.16 bits per heavy atom. The maximum Gasteiger partial charge on any atom is 0.335 e. The second-order valence-electron chi connectivity index (χ2n) is 23.1. The number of carboxylic acid groups (broad SMARTS) is 1. The summed E-state index contributed by atoms with van der Waals surface area (Å²) >= 11 is 0. The molecule has 0 aliphatic carbocycles. The van der Waals surface area contributed by atoms with Crippen LogP contribution >= 0.6 is 0 Å². The van der Waals surface area contributed by atoms with Crippen LogP contribution in [0.2, 0.25) is 0 Å². The zero-order valence-electron chi connectivity index (χ0n) is 52.0. The van der Waals surface area contributed by atoms with Crippen LogP contribution in [0, 0.1) is 0 Å². The molecule has 1 heterocycles. The molecule has 0 aromatic carbocycles. The number of hydrogen-bond donors (Lipinski definition) is 3. The summed E-state index contributed by atoms with van der Waals surface area (Å²) in [5.74, 6) is -3.11. The molecule has 1 fully saturated rings. The Kier molecular flexibility index (Phi) is 53.4. The molecule has 6 unspecified atom stereocenters. The second-order valence-corrected chi connectivity index (χ2v) is 23.1. The van der Waals surface area contributed by atoms with Gasteiger partial charge in [0.15, 0.2) is 24.6 Å². The van der Waals surface area contributed by atoms with Crippen molar-refractivity contribution >= 4 is 23.9 Å². The van der Waals surface area contributed by atoms with Crippen molar-refractivity contribution in [2.75, 3.05) is 13.2 Å². The van der Waals surface area contributed by atoms with Gasteiger partial charge in [0.25, 0.3) is 0 Å². The Morgan fingerprint density at radius 2 is 0.741 bits per heavy atom. The highest BCUT2D eigenvalue weighted by atomic mass is 16.7. The highest BCUT2D eigenvalue weighted by molar-refractivity contribution is 5.74. The maximum absolute atomic E-state index is 13.2. The number of aliphatic hydroxyl groups excluding tert-OH is 2. The monoisotopic (exact) mass is 1140 g/mol. The standard InChI is InChI=1S/C69H122O12/c1-4-7-10-13-16-19-22-25-27-29-31-33-35-38-40-43-46-49-52-55-61(70)77-58-60(79-62(71)56-53-50-47-44-42-39-36-34-32-30-28-26-23-20-17-14-11-8-5-2)59-78-69-67(65(74)64(73)66(81-69)68(75)76)80-63(72)57-54-51-48-45-41-37-24-21-18-15-12-9-6-3/h16,19,25-28,31,33,60,64-67,69,73-74H,4-15,17-18,20-24,29-30,32,34-59H2,1-3H3,(H,75,76)/b19-16-,27-25-,28-26-,33-31-. The third-order valence-electron chi connectivity index (χ3n) is 15.4. The largest absolute Gasteiger partial charge is 0.479 e. The highest BCUT2D eigenvalue weighted by Crippen LogP contribution is 2.27. The Labute approximate surface area is 494 Å². The minimum Gasteiger partial charge on any atom is -0.479 e. The number of aliphatic hydroxyl groups is 2. The van der Waals surface area contributed by atoms with Gasteiger partial charge in [-0.25, -0.2) is 4.79 Å². The molecule has 1 aliphatic rings. The summed E-state index contributed by atoms with van der Waals surface area (Å²) in [5.41, 5.74) is 0. The van der Waals surface area contributed by atoms with E-state index < -0.39 is 67.3 Å². The van der Waals surface area contributed by atoms with Crippen LogP contribution in [0.25, 0.3) is 0 Å². The predicted octanol–water partition coefficient (Wildman–Crippen LogP) is 18.1. The van der Waals surface area contributed by atoms with Gasteiger partial charge in [0.2, 0.25) is 0 Å². The van der Waals surface area contributed by atoms with Gasteiger partial charge in [-0.1, -0.05) is 262 Å².